The topological polar surface area (TPSA) is 100 Å². The molecular formula is C12H10N2O4Zn. The normalized spacial score (nSPS) is 8.42. The van der Waals surface area contributed by atoms with E-state index >= 15 is 0 Å². The van der Waals surface area contributed by atoms with Crippen LogP contribution in [-0.4, -0.2) is 32.1 Å². The summed E-state index contributed by atoms with van der Waals surface area (Å²) >= 11 is 0. The first-order chi connectivity index (χ1) is 8.61. The van der Waals surface area contributed by atoms with Crippen LogP contribution in [0.5, 0.6) is 0 Å². The molecule has 0 aliphatic rings. The minimum Gasteiger partial charge on any atom is -0.478 e. The zero-order valence-electron chi connectivity index (χ0n) is 9.93. The average Bonchev–Trinajstić information content (AvgIpc) is 2.41. The summed E-state index contributed by atoms with van der Waals surface area (Å²) in [7, 11) is 0. The summed E-state index contributed by atoms with van der Waals surface area (Å²) < 4.78 is 0. The average molecular weight is 312 g/mol. The number of hydrogen-bond donors (Lipinski definition) is 2. The molecule has 0 spiro atoms. The molecule has 0 fully saturated rings. The molecule has 7 heteroatoms. The van der Waals surface area contributed by atoms with Crippen molar-refractivity contribution in [2.75, 3.05) is 0 Å². The van der Waals surface area contributed by atoms with E-state index in [1.807, 2.05) is 0 Å². The molecule has 0 aliphatic carbocycles. The fourth-order valence-corrected chi connectivity index (χ4v) is 0.989. The third-order valence-electron chi connectivity index (χ3n) is 1.85. The van der Waals surface area contributed by atoms with Crippen LogP contribution in [0.3, 0.4) is 0 Å². The van der Waals surface area contributed by atoms with Gasteiger partial charge in [-0.1, -0.05) is 0 Å². The van der Waals surface area contributed by atoms with Gasteiger partial charge in [-0.25, -0.2) is 9.59 Å². The van der Waals surface area contributed by atoms with E-state index in [1.165, 1.54) is 49.1 Å². The van der Waals surface area contributed by atoms with Gasteiger partial charge < -0.3 is 10.2 Å². The molecule has 2 aromatic rings. The third kappa shape index (κ3) is 6.38. The Bertz CT molecular complexity index is 470. The molecule has 19 heavy (non-hydrogen) atoms. The summed E-state index contributed by atoms with van der Waals surface area (Å²) in [6, 6.07) is 5.79. The van der Waals surface area contributed by atoms with Gasteiger partial charge in [0.15, 0.2) is 0 Å². The second kappa shape index (κ2) is 8.88. The summed E-state index contributed by atoms with van der Waals surface area (Å²) in [6.07, 6.45) is 5.79. The monoisotopic (exact) mass is 310 g/mol. The SMILES string of the molecule is O=C(O)c1ccncc1.O=C(O)c1ccncc1.[Zn]. The van der Waals surface area contributed by atoms with E-state index in [9.17, 15) is 9.59 Å². The van der Waals surface area contributed by atoms with Gasteiger partial charge in [-0.15, -0.1) is 0 Å². The molecule has 0 saturated carbocycles. The molecule has 0 bridgehead atoms. The van der Waals surface area contributed by atoms with Crippen LogP contribution >= 0.6 is 0 Å². The molecule has 2 aromatic heterocycles. The Kier molecular flexibility index (Phi) is 7.88. The molecular weight excluding hydrogens is 302 g/mol. The number of hydrogen-bond acceptors (Lipinski definition) is 4. The standard InChI is InChI=1S/2C6H5NO2.Zn/c2*8-6(9)5-1-3-7-4-2-5;/h2*1-4H,(H,8,9);. The Morgan fingerprint density at radius 2 is 1.00 bits per heavy atom. The minimum absolute atomic E-state index is 0. The Hall–Kier alpha value is -2.14. The van der Waals surface area contributed by atoms with Crippen LogP contribution in [0.4, 0.5) is 0 Å². The number of rotatable bonds is 2. The molecule has 0 saturated heterocycles. The van der Waals surface area contributed by atoms with Crippen molar-refractivity contribution < 1.29 is 39.3 Å². The number of aromatic nitrogens is 2. The molecule has 2 heterocycles. The van der Waals surface area contributed by atoms with Gasteiger partial charge in [-0.3, -0.25) is 9.97 Å². The molecule has 0 aliphatic heterocycles. The Balaban J connectivity index is 0.000000324. The molecule has 0 atom stereocenters. The van der Waals surface area contributed by atoms with E-state index in [0.29, 0.717) is 0 Å². The largest absolute Gasteiger partial charge is 0.478 e. The number of nitrogens with zero attached hydrogens (tertiary/aromatic N) is 2. The summed E-state index contributed by atoms with van der Waals surface area (Å²) in [5.41, 5.74) is 0.537. The molecule has 2 rings (SSSR count). The van der Waals surface area contributed by atoms with Gasteiger partial charge >= 0.3 is 11.9 Å². The van der Waals surface area contributed by atoms with Gasteiger partial charge in [0, 0.05) is 44.3 Å². The van der Waals surface area contributed by atoms with E-state index in [0.717, 1.165) is 0 Å². The summed E-state index contributed by atoms with van der Waals surface area (Å²) in [4.78, 5) is 27.7. The Labute approximate surface area is 121 Å². The van der Waals surface area contributed by atoms with E-state index in [2.05, 4.69) is 9.97 Å². The van der Waals surface area contributed by atoms with Gasteiger partial charge in [0.25, 0.3) is 0 Å². The van der Waals surface area contributed by atoms with E-state index in [1.54, 1.807) is 0 Å². The van der Waals surface area contributed by atoms with E-state index in [-0.39, 0.29) is 30.6 Å². The van der Waals surface area contributed by atoms with Gasteiger partial charge in [-0.05, 0) is 24.3 Å². The Morgan fingerprint density at radius 1 is 0.737 bits per heavy atom. The fourth-order valence-electron chi connectivity index (χ4n) is 0.989. The van der Waals surface area contributed by atoms with Crippen LogP contribution in [0.25, 0.3) is 0 Å². The predicted molar refractivity (Wildman–Crippen MR) is 62.4 cm³/mol. The predicted octanol–water partition coefficient (Wildman–Crippen LogP) is 1.56. The minimum atomic E-state index is -0.919. The number of carboxylic acids is 2. The third-order valence-corrected chi connectivity index (χ3v) is 1.85. The van der Waals surface area contributed by atoms with Crippen molar-refractivity contribution in [3.63, 3.8) is 0 Å². The molecule has 0 aromatic carbocycles. The second-order valence-electron chi connectivity index (χ2n) is 3.08. The number of aromatic carboxylic acids is 2. The van der Waals surface area contributed by atoms with Gasteiger partial charge in [0.1, 0.15) is 0 Å². The summed E-state index contributed by atoms with van der Waals surface area (Å²) in [6.45, 7) is 0. The van der Waals surface area contributed by atoms with Crippen LogP contribution < -0.4 is 0 Å². The zero-order valence-corrected chi connectivity index (χ0v) is 12.9. The Morgan fingerprint density at radius 3 is 1.16 bits per heavy atom. The second-order valence-corrected chi connectivity index (χ2v) is 3.08. The van der Waals surface area contributed by atoms with Crippen LogP contribution in [0, 0.1) is 0 Å². The van der Waals surface area contributed by atoms with Crippen LogP contribution in [0.2, 0.25) is 0 Å². The maximum atomic E-state index is 10.2. The van der Waals surface area contributed by atoms with Crippen molar-refractivity contribution in [1.82, 2.24) is 9.97 Å². The molecule has 6 nitrogen and oxygen atoms in total. The van der Waals surface area contributed by atoms with Crippen molar-refractivity contribution in [2.45, 2.75) is 0 Å². The maximum Gasteiger partial charge on any atom is 0.335 e. The summed E-state index contributed by atoms with van der Waals surface area (Å²) in [5, 5.41) is 16.7. The number of carbonyl (C=O) groups is 2. The van der Waals surface area contributed by atoms with E-state index in [4.69, 9.17) is 10.2 Å². The van der Waals surface area contributed by atoms with Gasteiger partial charge in [0.2, 0.25) is 0 Å². The van der Waals surface area contributed by atoms with Gasteiger partial charge in [0.05, 0.1) is 11.1 Å². The van der Waals surface area contributed by atoms with Crippen LogP contribution in [0.15, 0.2) is 49.1 Å². The number of pyridine rings is 2. The quantitative estimate of drug-likeness (QED) is 0.816. The first-order valence-electron chi connectivity index (χ1n) is 4.88. The van der Waals surface area contributed by atoms with Crippen molar-refractivity contribution in [3.8, 4) is 0 Å². The molecule has 0 radical (unpaired) electrons. The molecule has 94 valence electrons. The van der Waals surface area contributed by atoms with Crippen LogP contribution in [-0.2, 0) is 19.5 Å². The fraction of sp³-hybridized carbons (Fsp3) is 0. The smallest absolute Gasteiger partial charge is 0.335 e. The van der Waals surface area contributed by atoms with E-state index < -0.39 is 11.9 Å². The molecule has 2 N–H and O–H groups in total. The molecule has 0 unspecified atom stereocenters. The van der Waals surface area contributed by atoms with Crippen molar-refractivity contribution in [3.05, 3.63) is 60.2 Å². The molecule has 0 amide bonds. The van der Waals surface area contributed by atoms with Crippen LogP contribution in [0.1, 0.15) is 20.7 Å². The van der Waals surface area contributed by atoms with Crippen molar-refractivity contribution in [2.24, 2.45) is 0 Å². The number of carboxylic acid groups (broad SMARTS) is 2. The first kappa shape index (κ1) is 16.9. The summed E-state index contributed by atoms with van der Waals surface area (Å²) in [5.74, 6) is -1.84. The maximum absolute atomic E-state index is 10.2. The first-order valence-corrected chi connectivity index (χ1v) is 4.88. The zero-order chi connectivity index (χ0) is 13.4. The van der Waals surface area contributed by atoms with Crippen molar-refractivity contribution in [1.29, 1.82) is 0 Å². The van der Waals surface area contributed by atoms with Gasteiger partial charge in [-0.2, -0.15) is 0 Å². The van der Waals surface area contributed by atoms with Crippen molar-refractivity contribution >= 4 is 11.9 Å².